The third-order valence-electron chi connectivity index (χ3n) is 6.53. The first-order valence-electron chi connectivity index (χ1n) is 11.0. The number of carbonyl (C=O) groups excluding carboxylic acids is 1. The highest BCUT2D eigenvalue weighted by atomic mass is 35.5. The average molecular weight is 466 g/mol. The number of nitrogens with one attached hydrogen (secondary N) is 3. The number of anilines is 1. The monoisotopic (exact) mass is 465 g/mol. The van der Waals surface area contributed by atoms with E-state index in [1.165, 1.54) is 4.57 Å². The van der Waals surface area contributed by atoms with Gasteiger partial charge in [0.15, 0.2) is 5.49 Å². The second-order valence-corrected chi connectivity index (χ2v) is 9.01. The number of aromatic nitrogens is 2. The SMILES string of the molecule is Cc1cc2[nH]c(=O)c(=N)n(C(=N)C3CCOCC3)c2cc1C(=O)N1CCc2cc(Cl)ccc21. The second kappa shape index (κ2) is 8.28. The third kappa shape index (κ3) is 3.69. The minimum Gasteiger partial charge on any atom is -0.381 e. The van der Waals surface area contributed by atoms with Crippen LogP contribution in [0.15, 0.2) is 35.1 Å². The summed E-state index contributed by atoms with van der Waals surface area (Å²) in [5.74, 6) is -0.0892. The van der Waals surface area contributed by atoms with Crippen LogP contribution in [0.25, 0.3) is 11.0 Å². The van der Waals surface area contributed by atoms with Gasteiger partial charge in [-0.2, -0.15) is 0 Å². The molecule has 2 aliphatic rings. The Labute approximate surface area is 194 Å². The molecule has 0 saturated carbocycles. The summed E-state index contributed by atoms with van der Waals surface area (Å²) in [6.45, 7) is 3.47. The van der Waals surface area contributed by atoms with Crippen LogP contribution in [0.3, 0.4) is 0 Å². The summed E-state index contributed by atoms with van der Waals surface area (Å²) in [6.07, 6.45) is 2.04. The molecule has 3 aromatic rings. The van der Waals surface area contributed by atoms with Gasteiger partial charge in [0.1, 0.15) is 5.84 Å². The van der Waals surface area contributed by atoms with E-state index in [0.29, 0.717) is 59.8 Å². The largest absolute Gasteiger partial charge is 0.381 e. The zero-order valence-corrected chi connectivity index (χ0v) is 19.0. The molecule has 9 heteroatoms. The first kappa shape index (κ1) is 21.6. The number of hydrogen-bond donors (Lipinski definition) is 3. The molecule has 0 unspecified atom stereocenters. The number of H-pyrrole nitrogens is 1. The maximum Gasteiger partial charge on any atom is 0.291 e. The number of ether oxygens (including phenoxy) is 1. The number of hydrogen-bond acceptors (Lipinski definition) is 5. The van der Waals surface area contributed by atoms with Gasteiger partial charge in [-0.3, -0.25) is 25.0 Å². The third-order valence-corrected chi connectivity index (χ3v) is 6.77. The second-order valence-electron chi connectivity index (χ2n) is 8.57. The predicted molar refractivity (Wildman–Crippen MR) is 127 cm³/mol. The highest BCUT2D eigenvalue weighted by molar-refractivity contribution is 6.30. The van der Waals surface area contributed by atoms with E-state index in [1.54, 1.807) is 23.1 Å². The molecule has 0 bridgehead atoms. The van der Waals surface area contributed by atoms with Gasteiger partial charge in [0.25, 0.3) is 11.5 Å². The molecular formula is C24H24ClN5O3. The normalized spacial score (nSPS) is 16.2. The van der Waals surface area contributed by atoms with Crippen molar-refractivity contribution in [1.29, 1.82) is 10.8 Å². The fraction of sp³-hybridized carbons (Fsp3) is 0.333. The van der Waals surface area contributed by atoms with Crippen molar-refractivity contribution in [2.45, 2.75) is 26.2 Å². The predicted octanol–water partition coefficient (Wildman–Crippen LogP) is 3.23. The van der Waals surface area contributed by atoms with E-state index < -0.39 is 5.56 Å². The van der Waals surface area contributed by atoms with Crippen molar-refractivity contribution >= 4 is 40.1 Å². The van der Waals surface area contributed by atoms with Crippen LogP contribution >= 0.6 is 11.6 Å². The van der Waals surface area contributed by atoms with Crippen molar-refractivity contribution in [2.24, 2.45) is 5.92 Å². The minimum atomic E-state index is -0.567. The smallest absolute Gasteiger partial charge is 0.291 e. The van der Waals surface area contributed by atoms with Crippen LogP contribution in [0.5, 0.6) is 0 Å². The van der Waals surface area contributed by atoms with Crippen LogP contribution < -0.4 is 15.9 Å². The van der Waals surface area contributed by atoms with Gasteiger partial charge in [-0.15, -0.1) is 0 Å². The Morgan fingerprint density at radius 2 is 1.97 bits per heavy atom. The number of amides is 1. The van der Waals surface area contributed by atoms with Crippen LogP contribution in [0, 0.1) is 23.7 Å². The molecule has 8 nitrogen and oxygen atoms in total. The molecular weight excluding hydrogens is 442 g/mol. The summed E-state index contributed by atoms with van der Waals surface area (Å²) in [7, 11) is 0. The van der Waals surface area contributed by atoms with Crippen molar-refractivity contribution in [2.75, 3.05) is 24.7 Å². The van der Waals surface area contributed by atoms with Crippen LogP contribution in [-0.2, 0) is 11.2 Å². The lowest BCUT2D eigenvalue weighted by atomic mass is 9.98. The first-order chi connectivity index (χ1) is 15.8. The number of aromatic amines is 1. The van der Waals surface area contributed by atoms with E-state index in [9.17, 15) is 9.59 Å². The number of halogens is 1. The minimum absolute atomic E-state index is 0.117. The van der Waals surface area contributed by atoms with Crippen molar-refractivity contribution in [3.8, 4) is 0 Å². The van der Waals surface area contributed by atoms with Crippen molar-refractivity contribution in [1.82, 2.24) is 9.55 Å². The van der Waals surface area contributed by atoms with Crippen LogP contribution in [-0.4, -0.2) is 41.1 Å². The maximum atomic E-state index is 13.6. The Balaban J connectivity index is 1.63. The molecule has 1 saturated heterocycles. The molecule has 0 spiro atoms. The summed E-state index contributed by atoms with van der Waals surface area (Å²) in [5.41, 5.74) is 3.15. The topological polar surface area (TPSA) is 115 Å². The number of carbonyl (C=O) groups is 1. The molecule has 0 atom stereocenters. The highest BCUT2D eigenvalue weighted by Crippen LogP contribution is 2.32. The van der Waals surface area contributed by atoms with Gasteiger partial charge in [-0.1, -0.05) is 11.6 Å². The molecule has 1 aromatic heterocycles. The molecule has 3 heterocycles. The quantitative estimate of drug-likeness (QED) is 0.398. The van der Waals surface area contributed by atoms with E-state index in [0.717, 1.165) is 17.7 Å². The summed E-state index contributed by atoms with van der Waals surface area (Å²) in [4.78, 5) is 30.5. The van der Waals surface area contributed by atoms with Crippen molar-refractivity contribution in [3.05, 3.63) is 67.9 Å². The van der Waals surface area contributed by atoms with Gasteiger partial charge < -0.3 is 14.6 Å². The van der Waals surface area contributed by atoms with E-state index in [4.69, 9.17) is 27.2 Å². The molecule has 33 heavy (non-hydrogen) atoms. The maximum absolute atomic E-state index is 13.6. The molecule has 2 aromatic carbocycles. The van der Waals surface area contributed by atoms with Gasteiger partial charge in [0, 0.05) is 41.9 Å². The number of benzene rings is 2. The summed E-state index contributed by atoms with van der Waals surface area (Å²) in [5, 5.41) is 17.8. The number of rotatable bonds is 2. The Bertz CT molecular complexity index is 1420. The van der Waals surface area contributed by atoms with E-state index in [-0.39, 0.29) is 23.1 Å². The van der Waals surface area contributed by atoms with Crippen molar-refractivity contribution < 1.29 is 9.53 Å². The molecule has 170 valence electrons. The highest BCUT2D eigenvalue weighted by Gasteiger charge is 2.28. The van der Waals surface area contributed by atoms with E-state index in [1.807, 2.05) is 19.1 Å². The van der Waals surface area contributed by atoms with Gasteiger partial charge >= 0.3 is 0 Å². The van der Waals surface area contributed by atoms with E-state index in [2.05, 4.69) is 4.98 Å². The standard InChI is InChI=1S/C24H24ClN5O3/c1-13-10-18-20(30(22(27)23(31)28-18)21(26)14-5-8-33-9-6-14)12-17(13)24(32)29-7-4-15-11-16(25)2-3-19(15)29/h2-3,10-12,14,26-27H,4-9H2,1H3,(H,28,31). The molecule has 1 fully saturated rings. The average Bonchev–Trinajstić information content (AvgIpc) is 3.22. The molecule has 5 rings (SSSR count). The Morgan fingerprint density at radius 1 is 1.21 bits per heavy atom. The summed E-state index contributed by atoms with van der Waals surface area (Å²) >= 11 is 6.12. The number of fused-ring (bicyclic) bond motifs is 2. The molecule has 0 aliphatic carbocycles. The summed E-state index contributed by atoms with van der Waals surface area (Å²) < 4.78 is 6.78. The molecule has 0 radical (unpaired) electrons. The van der Waals surface area contributed by atoms with Gasteiger partial charge in [-0.25, -0.2) is 0 Å². The van der Waals surface area contributed by atoms with E-state index >= 15 is 0 Å². The molecule has 2 aliphatic heterocycles. The van der Waals surface area contributed by atoms with Gasteiger partial charge in [0.05, 0.1) is 11.0 Å². The summed E-state index contributed by atoms with van der Waals surface area (Å²) in [6, 6.07) is 8.97. The fourth-order valence-electron chi connectivity index (χ4n) is 4.75. The number of nitrogens with zero attached hydrogens (tertiary/aromatic N) is 2. The zero-order valence-electron chi connectivity index (χ0n) is 18.2. The van der Waals surface area contributed by atoms with Crippen LogP contribution in [0.4, 0.5) is 5.69 Å². The Morgan fingerprint density at radius 3 is 2.73 bits per heavy atom. The Hall–Kier alpha value is -3.23. The zero-order chi connectivity index (χ0) is 23.3. The lowest BCUT2D eigenvalue weighted by Gasteiger charge is -2.25. The molecule has 3 N–H and O–H groups in total. The fourth-order valence-corrected chi connectivity index (χ4v) is 4.94. The lowest BCUT2D eigenvalue weighted by molar-refractivity contribution is 0.0819. The van der Waals surface area contributed by atoms with Gasteiger partial charge in [0.2, 0.25) is 0 Å². The molecule has 1 amide bonds. The van der Waals surface area contributed by atoms with Crippen LogP contribution in [0.2, 0.25) is 5.02 Å². The lowest BCUT2D eigenvalue weighted by Crippen LogP contribution is -2.43. The van der Waals surface area contributed by atoms with Gasteiger partial charge in [-0.05, 0) is 67.6 Å². The Kier molecular flexibility index (Phi) is 5.42. The van der Waals surface area contributed by atoms with Crippen molar-refractivity contribution in [3.63, 3.8) is 0 Å². The first-order valence-corrected chi connectivity index (χ1v) is 11.3. The number of aryl methyl sites for hydroxylation is 1. The van der Waals surface area contributed by atoms with Crippen LogP contribution in [0.1, 0.15) is 34.3 Å².